The molecule has 1 amide bonds. The minimum Gasteiger partial charge on any atom is -0.349 e. The van der Waals surface area contributed by atoms with Gasteiger partial charge in [-0.1, -0.05) is 31.5 Å². The molecule has 0 bridgehead atoms. The molecule has 1 aromatic carbocycles. The van der Waals surface area contributed by atoms with Crippen LogP contribution in [0.4, 0.5) is 0 Å². The van der Waals surface area contributed by atoms with Gasteiger partial charge in [0.1, 0.15) is 5.56 Å². The quantitative estimate of drug-likeness (QED) is 0.664. The number of piperidine rings is 1. The van der Waals surface area contributed by atoms with Crippen LogP contribution in [0.5, 0.6) is 0 Å². The van der Waals surface area contributed by atoms with Gasteiger partial charge >= 0.3 is 0 Å². The predicted octanol–water partition coefficient (Wildman–Crippen LogP) is 4.69. The zero-order valence-electron chi connectivity index (χ0n) is 20.8. The Balaban J connectivity index is 1.81. The van der Waals surface area contributed by atoms with E-state index < -0.39 is 11.5 Å². The van der Waals surface area contributed by atoms with Gasteiger partial charge < -0.3 is 10.6 Å². The molecule has 34 heavy (non-hydrogen) atoms. The molecule has 0 unspecified atom stereocenters. The number of rotatable bonds is 3. The number of hydrogen-bond acceptors (Lipinski definition) is 4. The monoisotopic (exact) mass is 483 g/mol. The van der Waals surface area contributed by atoms with Crippen LogP contribution in [0.1, 0.15) is 87.2 Å². The van der Waals surface area contributed by atoms with Crippen LogP contribution in [-0.4, -0.2) is 33.4 Å². The molecule has 6 nitrogen and oxygen atoms in total. The van der Waals surface area contributed by atoms with Crippen LogP contribution in [0, 0.1) is 5.41 Å². The van der Waals surface area contributed by atoms with Gasteiger partial charge in [0.05, 0.1) is 5.69 Å². The Morgan fingerprint density at radius 2 is 1.68 bits per heavy atom. The summed E-state index contributed by atoms with van der Waals surface area (Å²) in [5.41, 5.74) is 0.586. The summed E-state index contributed by atoms with van der Waals surface area (Å²) in [6.45, 7) is 12.5. The first-order valence-electron chi connectivity index (χ1n) is 11.8. The first kappa shape index (κ1) is 24.7. The van der Waals surface area contributed by atoms with Crippen molar-refractivity contribution < 1.29 is 9.59 Å². The Hall–Kier alpha value is -2.44. The van der Waals surface area contributed by atoms with Crippen LogP contribution in [0.15, 0.2) is 35.1 Å². The first-order valence-corrected chi connectivity index (χ1v) is 12.2. The molecule has 4 rings (SSSR count). The van der Waals surface area contributed by atoms with E-state index in [1.165, 1.54) is 10.6 Å². The van der Waals surface area contributed by atoms with E-state index in [4.69, 9.17) is 11.6 Å². The molecule has 2 aliphatic rings. The maximum Gasteiger partial charge on any atom is 0.268 e. The maximum atomic E-state index is 13.7. The first-order chi connectivity index (χ1) is 15.7. The van der Waals surface area contributed by atoms with Gasteiger partial charge in [0.15, 0.2) is 5.78 Å². The number of nitrogens with one attached hydrogen (secondary N) is 2. The third kappa shape index (κ3) is 4.98. The fraction of sp³-hybridized carbons (Fsp3) is 0.519. The molecule has 1 saturated heterocycles. The number of nitrogens with zero attached hydrogens (tertiary/aromatic N) is 1. The molecule has 1 fully saturated rings. The third-order valence-electron chi connectivity index (χ3n) is 6.72. The normalized spacial score (nSPS) is 21.1. The molecule has 182 valence electrons. The van der Waals surface area contributed by atoms with Crippen molar-refractivity contribution in [2.24, 2.45) is 5.41 Å². The van der Waals surface area contributed by atoms with Gasteiger partial charge in [-0.25, -0.2) is 0 Å². The van der Waals surface area contributed by atoms with Crippen LogP contribution in [0.3, 0.4) is 0 Å². The number of Topliss-reactive ketones (excluding diaryl/α,β-unsaturated/α-hetero) is 1. The van der Waals surface area contributed by atoms with Crippen molar-refractivity contribution in [1.82, 2.24) is 15.2 Å². The van der Waals surface area contributed by atoms with E-state index in [2.05, 4.69) is 38.3 Å². The van der Waals surface area contributed by atoms with Gasteiger partial charge in [-0.3, -0.25) is 19.0 Å². The summed E-state index contributed by atoms with van der Waals surface area (Å²) in [4.78, 5) is 40.3. The molecular weight excluding hydrogens is 450 g/mol. The maximum absolute atomic E-state index is 13.7. The van der Waals surface area contributed by atoms with Crippen molar-refractivity contribution in [3.63, 3.8) is 0 Å². The number of fused-ring (bicyclic) bond motifs is 1. The van der Waals surface area contributed by atoms with Crippen molar-refractivity contribution in [2.45, 2.75) is 84.3 Å². The second-order valence-corrected chi connectivity index (χ2v) is 12.4. The molecule has 0 atom stereocenters. The number of carbonyl (C=O) groups is 2. The Labute approximate surface area is 206 Å². The van der Waals surface area contributed by atoms with Crippen molar-refractivity contribution in [3.05, 3.63) is 62.5 Å². The number of halogens is 1. The van der Waals surface area contributed by atoms with Crippen molar-refractivity contribution in [3.8, 4) is 5.69 Å². The van der Waals surface area contributed by atoms with Crippen LogP contribution in [0.2, 0.25) is 5.02 Å². The van der Waals surface area contributed by atoms with E-state index in [9.17, 15) is 14.4 Å². The van der Waals surface area contributed by atoms with E-state index in [-0.39, 0.29) is 33.9 Å². The summed E-state index contributed by atoms with van der Waals surface area (Å²) in [6, 6.07) is 8.37. The minimum atomic E-state index is -0.445. The third-order valence-corrected chi connectivity index (χ3v) is 6.96. The topological polar surface area (TPSA) is 80.2 Å². The van der Waals surface area contributed by atoms with Gasteiger partial charge in [0.2, 0.25) is 0 Å². The number of ketones is 1. The molecule has 0 radical (unpaired) electrons. The Bertz CT molecular complexity index is 1210. The molecule has 1 aliphatic heterocycles. The summed E-state index contributed by atoms with van der Waals surface area (Å²) < 4.78 is 1.51. The molecular formula is C27H34ClN3O3. The molecule has 2 N–H and O–H groups in total. The zero-order chi connectivity index (χ0) is 25.1. The van der Waals surface area contributed by atoms with Crippen molar-refractivity contribution >= 4 is 23.3 Å². The largest absolute Gasteiger partial charge is 0.349 e. The minimum absolute atomic E-state index is 0.0130. The summed E-state index contributed by atoms with van der Waals surface area (Å²) in [5.74, 6) is -0.500. The van der Waals surface area contributed by atoms with E-state index in [1.807, 2.05) is 13.8 Å². The highest BCUT2D eigenvalue weighted by atomic mass is 35.5. The standard InChI is InChI=1S/C27H34ClN3O3/c1-25(2)14-21-19(22(32)15-25)11-20(24(34)31(21)18-9-7-8-16(28)10-18)23(33)29-17-12-26(3,4)30-27(5,6)13-17/h7-11,17,30H,12-15H2,1-6H3,(H,29,33). The van der Waals surface area contributed by atoms with Gasteiger partial charge in [-0.15, -0.1) is 0 Å². The van der Waals surface area contributed by atoms with E-state index in [0.29, 0.717) is 34.8 Å². The SMILES string of the molecule is CC1(C)CC(=O)c2cc(C(=O)NC3CC(C)(C)NC(C)(C)C3)c(=O)n(-c3cccc(Cl)c3)c2C1. The number of aromatic nitrogens is 1. The Morgan fingerprint density at radius 1 is 1.03 bits per heavy atom. The molecule has 2 aromatic rings. The summed E-state index contributed by atoms with van der Waals surface area (Å²) in [5, 5.41) is 7.17. The van der Waals surface area contributed by atoms with Crippen molar-refractivity contribution in [2.75, 3.05) is 0 Å². The zero-order valence-corrected chi connectivity index (χ0v) is 21.6. The average molecular weight is 484 g/mol. The van der Waals surface area contributed by atoms with Crippen LogP contribution in [-0.2, 0) is 6.42 Å². The van der Waals surface area contributed by atoms with Gasteiger partial charge in [0, 0.05) is 39.8 Å². The lowest BCUT2D eigenvalue weighted by Gasteiger charge is -2.46. The fourth-order valence-electron chi connectivity index (χ4n) is 5.85. The molecule has 0 saturated carbocycles. The lowest BCUT2D eigenvalue weighted by molar-refractivity contribution is 0.0871. The summed E-state index contributed by atoms with van der Waals surface area (Å²) in [7, 11) is 0. The van der Waals surface area contributed by atoms with Gasteiger partial charge in [0.25, 0.3) is 11.5 Å². The molecule has 0 spiro atoms. The van der Waals surface area contributed by atoms with E-state index in [1.54, 1.807) is 24.3 Å². The van der Waals surface area contributed by atoms with E-state index in [0.717, 1.165) is 12.8 Å². The van der Waals surface area contributed by atoms with Gasteiger partial charge in [-0.05, 0) is 76.6 Å². The molecule has 2 heterocycles. The predicted molar refractivity (Wildman–Crippen MR) is 135 cm³/mol. The smallest absolute Gasteiger partial charge is 0.268 e. The van der Waals surface area contributed by atoms with Crippen LogP contribution < -0.4 is 16.2 Å². The summed E-state index contributed by atoms with van der Waals surface area (Å²) >= 11 is 6.23. The Kier molecular flexibility index (Phi) is 6.06. The summed E-state index contributed by atoms with van der Waals surface area (Å²) in [6.07, 6.45) is 2.39. The molecule has 1 aromatic heterocycles. The highest BCUT2D eigenvalue weighted by molar-refractivity contribution is 6.30. The Morgan fingerprint density at radius 3 is 2.29 bits per heavy atom. The van der Waals surface area contributed by atoms with Crippen LogP contribution >= 0.6 is 11.6 Å². The molecule has 7 heteroatoms. The van der Waals surface area contributed by atoms with E-state index >= 15 is 0 Å². The fourth-order valence-corrected chi connectivity index (χ4v) is 6.04. The van der Waals surface area contributed by atoms with Crippen LogP contribution in [0.25, 0.3) is 5.69 Å². The number of amides is 1. The van der Waals surface area contributed by atoms with Crippen molar-refractivity contribution in [1.29, 1.82) is 0 Å². The average Bonchev–Trinajstić information content (AvgIpc) is 2.64. The second kappa shape index (κ2) is 8.35. The second-order valence-electron chi connectivity index (χ2n) is 12.0. The highest BCUT2D eigenvalue weighted by Crippen LogP contribution is 2.35. The molecule has 1 aliphatic carbocycles. The van der Waals surface area contributed by atoms with Gasteiger partial charge in [-0.2, -0.15) is 0 Å². The highest BCUT2D eigenvalue weighted by Gasteiger charge is 2.39. The number of benzene rings is 1. The number of hydrogen-bond donors (Lipinski definition) is 2. The lowest BCUT2D eigenvalue weighted by atomic mass is 9.75. The lowest BCUT2D eigenvalue weighted by Crippen LogP contribution is -2.62. The number of pyridine rings is 1. The number of carbonyl (C=O) groups excluding carboxylic acids is 2.